The van der Waals surface area contributed by atoms with Gasteiger partial charge < -0.3 is 5.32 Å². The van der Waals surface area contributed by atoms with Gasteiger partial charge in [-0.25, -0.2) is 0 Å². The molecule has 0 spiro atoms. The molecule has 3 nitrogen and oxygen atoms in total. The third kappa shape index (κ3) is 2.71. The number of carbonyl (C=O) groups is 1. The molecule has 1 aromatic heterocycles. The van der Waals surface area contributed by atoms with E-state index in [1.54, 1.807) is 36.5 Å². The minimum Gasteiger partial charge on any atom is -0.320 e. The van der Waals surface area contributed by atoms with Gasteiger partial charge in [-0.3, -0.25) is 9.78 Å². The van der Waals surface area contributed by atoms with Crippen LogP contribution in [0.1, 0.15) is 16.1 Å². The molecule has 0 atom stereocenters. The van der Waals surface area contributed by atoms with Gasteiger partial charge in [-0.05, 0) is 47.1 Å². The second-order valence-electron chi connectivity index (χ2n) is 3.69. The van der Waals surface area contributed by atoms with Gasteiger partial charge in [-0.15, -0.1) is 0 Å². The van der Waals surface area contributed by atoms with E-state index in [4.69, 9.17) is 11.6 Å². The van der Waals surface area contributed by atoms with Crippen LogP contribution in [0, 0.1) is 6.92 Å². The first kappa shape index (κ1) is 13.1. The van der Waals surface area contributed by atoms with Gasteiger partial charge in [0.1, 0.15) is 0 Å². The van der Waals surface area contributed by atoms with E-state index in [1.165, 1.54) is 0 Å². The molecule has 92 valence electrons. The summed E-state index contributed by atoms with van der Waals surface area (Å²) < 4.78 is 0.694. The van der Waals surface area contributed by atoms with E-state index in [0.717, 1.165) is 5.69 Å². The van der Waals surface area contributed by atoms with Gasteiger partial charge in [-0.2, -0.15) is 0 Å². The van der Waals surface area contributed by atoms with E-state index in [0.29, 0.717) is 20.7 Å². The largest absolute Gasteiger partial charge is 0.320 e. The van der Waals surface area contributed by atoms with Crippen molar-refractivity contribution in [2.24, 2.45) is 0 Å². The van der Waals surface area contributed by atoms with Crippen LogP contribution < -0.4 is 5.32 Å². The Balaban J connectivity index is 2.28. The molecule has 0 fully saturated rings. The number of halogens is 2. The van der Waals surface area contributed by atoms with E-state index in [-0.39, 0.29) is 5.91 Å². The molecule has 18 heavy (non-hydrogen) atoms. The van der Waals surface area contributed by atoms with Crippen LogP contribution >= 0.6 is 27.5 Å². The first-order valence-electron chi connectivity index (χ1n) is 5.26. The number of carbonyl (C=O) groups excluding carboxylic acids is 1. The van der Waals surface area contributed by atoms with Gasteiger partial charge >= 0.3 is 0 Å². The topological polar surface area (TPSA) is 42.0 Å². The molecule has 0 unspecified atom stereocenters. The lowest BCUT2D eigenvalue weighted by atomic mass is 10.2. The predicted molar refractivity (Wildman–Crippen MR) is 76.1 cm³/mol. The molecule has 1 amide bonds. The SMILES string of the molecule is Cc1ncccc1NC(=O)c1cccc(Br)c1Cl. The zero-order chi connectivity index (χ0) is 13.1. The molecule has 0 aliphatic heterocycles. The molecule has 0 aliphatic rings. The number of nitrogens with zero attached hydrogens (tertiary/aromatic N) is 1. The van der Waals surface area contributed by atoms with Crippen molar-refractivity contribution < 1.29 is 4.79 Å². The van der Waals surface area contributed by atoms with Crippen LogP contribution in [0.4, 0.5) is 5.69 Å². The predicted octanol–water partition coefficient (Wildman–Crippen LogP) is 4.06. The van der Waals surface area contributed by atoms with Crippen LogP contribution in [0.25, 0.3) is 0 Å². The van der Waals surface area contributed by atoms with Crippen molar-refractivity contribution in [1.29, 1.82) is 0 Å². The molecular weight excluding hydrogens is 316 g/mol. The average Bonchev–Trinajstić information content (AvgIpc) is 2.35. The van der Waals surface area contributed by atoms with Crippen LogP contribution in [-0.2, 0) is 0 Å². The number of pyridine rings is 1. The molecule has 5 heteroatoms. The second kappa shape index (κ2) is 5.50. The normalized spacial score (nSPS) is 10.2. The lowest BCUT2D eigenvalue weighted by Gasteiger charge is -2.09. The van der Waals surface area contributed by atoms with Crippen molar-refractivity contribution in [2.75, 3.05) is 5.32 Å². The highest BCUT2D eigenvalue weighted by Crippen LogP contribution is 2.26. The number of rotatable bonds is 2. The maximum atomic E-state index is 12.1. The van der Waals surface area contributed by atoms with Crippen molar-refractivity contribution in [1.82, 2.24) is 4.98 Å². The Kier molecular flexibility index (Phi) is 3.99. The number of hydrogen-bond donors (Lipinski definition) is 1. The van der Waals surface area contributed by atoms with Crippen molar-refractivity contribution in [2.45, 2.75) is 6.92 Å². The first-order valence-corrected chi connectivity index (χ1v) is 6.43. The molecule has 1 heterocycles. The summed E-state index contributed by atoms with van der Waals surface area (Å²) in [6.45, 7) is 1.83. The summed E-state index contributed by atoms with van der Waals surface area (Å²) in [5.41, 5.74) is 1.87. The number of aromatic nitrogens is 1. The summed E-state index contributed by atoms with van der Waals surface area (Å²) in [7, 11) is 0. The van der Waals surface area contributed by atoms with Gasteiger partial charge in [0.25, 0.3) is 5.91 Å². The fourth-order valence-corrected chi connectivity index (χ4v) is 2.06. The highest BCUT2D eigenvalue weighted by molar-refractivity contribution is 9.10. The Morgan fingerprint density at radius 2 is 2.11 bits per heavy atom. The van der Waals surface area contributed by atoms with Crippen molar-refractivity contribution >= 4 is 39.1 Å². The summed E-state index contributed by atoms with van der Waals surface area (Å²) in [6, 6.07) is 8.79. The van der Waals surface area contributed by atoms with Crippen LogP contribution in [0.3, 0.4) is 0 Å². The van der Waals surface area contributed by atoms with Crippen LogP contribution in [0.2, 0.25) is 5.02 Å². The monoisotopic (exact) mass is 324 g/mol. The average molecular weight is 326 g/mol. The smallest absolute Gasteiger partial charge is 0.257 e. The fraction of sp³-hybridized carbons (Fsp3) is 0.0769. The molecular formula is C13H10BrClN2O. The molecule has 1 aromatic carbocycles. The fourth-order valence-electron chi connectivity index (χ4n) is 1.49. The van der Waals surface area contributed by atoms with Crippen molar-refractivity contribution in [3.05, 3.63) is 57.3 Å². The molecule has 0 saturated carbocycles. The molecule has 2 aromatic rings. The maximum Gasteiger partial charge on any atom is 0.257 e. The third-order valence-corrected chi connectivity index (χ3v) is 3.75. The zero-order valence-corrected chi connectivity index (χ0v) is 11.9. The number of hydrogen-bond acceptors (Lipinski definition) is 2. The highest BCUT2D eigenvalue weighted by Gasteiger charge is 2.13. The van der Waals surface area contributed by atoms with E-state index in [1.807, 2.05) is 6.92 Å². The lowest BCUT2D eigenvalue weighted by Crippen LogP contribution is -2.13. The minimum absolute atomic E-state index is 0.252. The molecule has 2 rings (SSSR count). The summed E-state index contributed by atoms with van der Waals surface area (Å²) in [5, 5.41) is 3.19. The van der Waals surface area contributed by atoms with E-state index < -0.39 is 0 Å². The summed E-state index contributed by atoms with van der Waals surface area (Å²) in [4.78, 5) is 16.2. The molecule has 0 saturated heterocycles. The van der Waals surface area contributed by atoms with Crippen molar-refractivity contribution in [3.63, 3.8) is 0 Å². The zero-order valence-electron chi connectivity index (χ0n) is 9.58. The highest BCUT2D eigenvalue weighted by atomic mass is 79.9. The number of benzene rings is 1. The van der Waals surface area contributed by atoms with E-state index >= 15 is 0 Å². The Morgan fingerprint density at radius 3 is 2.83 bits per heavy atom. The van der Waals surface area contributed by atoms with Crippen LogP contribution in [-0.4, -0.2) is 10.9 Å². The number of aryl methyl sites for hydroxylation is 1. The van der Waals surface area contributed by atoms with Crippen LogP contribution in [0.5, 0.6) is 0 Å². The second-order valence-corrected chi connectivity index (χ2v) is 4.92. The number of nitrogens with one attached hydrogen (secondary N) is 1. The summed E-state index contributed by atoms with van der Waals surface area (Å²) in [6.07, 6.45) is 1.68. The molecule has 0 bridgehead atoms. The van der Waals surface area contributed by atoms with Crippen LogP contribution in [0.15, 0.2) is 41.0 Å². The minimum atomic E-state index is -0.252. The van der Waals surface area contributed by atoms with Gasteiger partial charge in [0.15, 0.2) is 0 Å². The Bertz CT molecular complexity index is 601. The summed E-state index contributed by atoms with van der Waals surface area (Å²) in [5.74, 6) is -0.252. The molecule has 0 aliphatic carbocycles. The van der Waals surface area contributed by atoms with Gasteiger partial charge in [-0.1, -0.05) is 17.7 Å². The Morgan fingerprint density at radius 1 is 1.33 bits per heavy atom. The van der Waals surface area contributed by atoms with Gasteiger partial charge in [0, 0.05) is 10.7 Å². The Labute approximate surface area is 118 Å². The number of anilines is 1. The van der Waals surface area contributed by atoms with E-state index in [9.17, 15) is 4.79 Å². The van der Waals surface area contributed by atoms with Gasteiger partial charge in [0.2, 0.25) is 0 Å². The van der Waals surface area contributed by atoms with Crippen molar-refractivity contribution in [3.8, 4) is 0 Å². The number of amides is 1. The maximum absolute atomic E-state index is 12.1. The first-order chi connectivity index (χ1) is 8.59. The molecule has 1 N–H and O–H groups in total. The standard InChI is InChI=1S/C13H10BrClN2O/c1-8-11(6-3-7-16-8)17-13(18)9-4-2-5-10(14)12(9)15/h2-7H,1H3,(H,17,18). The van der Waals surface area contributed by atoms with Gasteiger partial charge in [0.05, 0.1) is 22.0 Å². The summed E-state index contributed by atoms with van der Waals surface area (Å²) >= 11 is 9.36. The lowest BCUT2D eigenvalue weighted by molar-refractivity contribution is 0.102. The third-order valence-electron chi connectivity index (χ3n) is 2.45. The van der Waals surface area contributed by atoms with E-state index in [2.05, 4.69) is 26.2 Å². The Hall–Kier alpha value is -1.39. The molecule has 0 radical (unpaired) electrons. The quantitative estimate of drug-likeness (QED) is 0.905.